The summed E-state index contributed by atoms with van der Waals surface area (Å²) in [6.45, 7) is 0.815. The molecule has 3 N–H and O–H groups in total. The maximum atomic E-state index is 14.8. The third-order valence-corrected chi connectivity index (χ3v) is 6.44. The summed E-state index contributed by atoms with van der Waals surface area (Å²) in [5.74, 6) is -0.877. The second-order valence-electron chi connectivity index (χ2n) is 6.33. The highest BCUT2D eigenvalue weighted by molar-refractivity contribution is 7.93. The van der Waals surface area contributed by atoms with Crippen LogP contribution >= 0.6 is 11.5 Å². The summed E-state index contributed by atoms with van der Waals surface area (Å²) in [6, 6.07) is 10.2. The lowest BCUT2D eigenvalue weighted by molar-refractivity contribution is 0.571. The number of anilines is 1. The van der Waals surface area contributed by atoms with E-state index in [1.54, 1.807) is 4.68 Å². The SMILES string of the molecule is NC/C=C/c1ccccc1Cn1ncc2cc(S(=O)(=O)Nc3ncns3)c(F)cc21. The van der Waals surface area contributed by atoms with Gasteiger partial charge in [-0.1, -0.05) is 36.4 Å². The lowest BCUT2D eigenvalue weighted by atomic mass is 10.1. The molecule has 11 heteroatoms. The molecule has 0 unspecified atom stereocenters. The van der Waals surface area contributed by atoms with Crippen molar-refractivity contribution in [3.63, 3.8) is 0 Å². The number of halogens is 1. The normalized spacial score (nSPS) is 12.1. The summed E-state index contributed by atoms with van der Waals surface area (Å²) >= 11 is 0.862. The number of nitrogens with zero attached hydrogens (tertiary/aromatic N) is 4. The van der Waals surface area contributed by atoms with E-state index in [1.165, 1.54) is 24.7 Å². The topological polar surface area (TPSA) is 116 Å². The van der Waals surface area contributed by atoms with E-state index in [0.717, 1.165) is 22.7 Å². The summed E-state index contributed by atoms with van der Waals surface area (Å²) in [5.41, 5.74) is 7.98. The molecule has 4 rings (SSSR count). The molecular weight excluding hydrogens is 427 g/mol. The third kappa shape index (κ3) is 4.08. The summed E-state index contributed by atoms with van der Waals surface area (Å²) in [5, 5.41) is 4.88. The number of benzene rings is 2. The van der Waals surface area contributed by atoms with Gasteiger partial charge in [-0.15, -0.1) is 0 Å². The molecule has 0 fully saturated rings. The lowest BCUT2D eigenvalue weighted by Crippen LogP contribution is -2.14. The molecule has 0 amide bonds. The molecule has 0 atom stereocenters. The van der Waals surface area contributed by atoms with E-state index < -0.39 is 20.7 Å². The minimum atomic E-state index is -4.15. The molecule has 154 valence electrons. The molecule has 30 heavy (non-hydrogen) atoms. The molecule has 0 saturated heterocycles. The second-order valence-corrected chi connectivity index (χ2v) is 8.76. The van der Waals surface area contributed by atoms with E-state index in [0.29, 0.717) is 24.0 Å². The Morgan fingerprint density at radius 2 is 2.10 bits per heavy atom. The Morgan fingerprint density at radius 1 is 1.27 bits per heavy atom. The number of hydrogen-bond acceptors (Lipinski definition) is 7. The molecule has 2 heterocycles. The van der Waals surface area contributed by atoms with E-state index >= 15 is 0 Å². The molecule has 0 saturated carbocycles. The van der Waals surface area contributed by atoms with Crippen LogP contribution in [0.25, 0.3) is 17.0 Å². The number of rotatable bonds is 7. The first-order valence-corrected chi connectivity index (χ1v) is 11.1. The quantitative estimate of drug-likeness (QED) is 0.453. The highest BCUT2D eigenvalue weighted by Crippen LogP contribution is 2.26. The Bertz CT molecular complexity index is 1320. The number of aromatic nitrogens is 4. The van der Waals surface area contributed by atoms with Gasteiger partial charge in [0, 0.05) is 29.5 Å². The summed E-state index contributed by atoms with van der Waals surface area (Å²) in [7, 11) is -4.15. The Morgan fingerprint density at radius 3 is 2.87 bits per heavy atom. The molecule has 0 radical (unpaired) electrons. The van der Waals surface area contributed by atoms with Crippen molar-refractivity contribution in [1.82, 2.24) is 19.1 Å². The van der Waals surface area contributed by atoms with Crippen molar-refractivity contribution in [1.29, 1.82) is 0 Å². The van der Waals surface area contributed by atoms with Crippen LogP contribution < -0.4 is 10.5 Å². The molecule has 2 aromatic carbocycles. The molecular formula is C19H17FN6O2S2. The van der Waals surface area contributed by atoms with Gasteiger partial charge in [0.05, 0.1) is 18.3 Å². The Hall–Kier alpha value is -3.15. The van der Waals surface area contributed by atoms with Crippen molar-refractivity contribution in [3.05, 3.63) is 71.9 Å². The van der Waals surface area contributed by atoms with Gasteiger partial charge in [-0.25, -0.2) is 17.8 Å². The standard InChI is InChI=1S/C19H17FN6O2S2/c20-16-9-17-15(8-18(16)30(27,28)25-19-22-12-24-29-19)10-23-26(17)11-14-5-2-1-4-13(14)6-3-7-21/h1-6,8-10,12H,7,11,21H2,(H,22,24,25)/b6-3+. The molecule has 0 aliphatic rings. The van der Waals surface area contributed by atoms with Gasteiger partial charge in [-0.3, -0.25) is 9.40 Å². The first kappa shape index (κ1) is 20.1. The highest BCUT2D eigenvalue weighted by Gasteiger charge is 2.22. The van der Waals surface area contributed by atoms with Gasteiger partial charge in [0.1, 0.15) is 17.0 Å². The van der Waals surface area contributed by atoms with Crippen molar-refractivity contribution in [3.8, 4) is 0 Å². The first-order valence-electron chi connectivity index (χ1n) is 8.87. The lowest BCUT2D eigenvalue weighted by Gasteiger charge is -2.09. The molecule has 2 aromatic heterocycles. The van der Waals surface area contributed by atoms with Gasteiger partial charge in [0.2, 0.25) is 5.13 Å². The van der Waals surface area contributed by atoms with Crippen LogP contribution in [-0.2, 0) is 16.6 Å². The van der Waals surface area contributed by atoms with Crippen LogP contribution in [0.2, 0.25) is 0 Å². The fraction of sp³-hybridized carbons (Fsp3) is 0.105. The zero-order chi connectivity index (χ0) is 21.1. The van der Waals surface area contributed by atoms with E-state index in [4.69, 9.17) is 5.73 Å². The number of sulfonamides is 1. The maximum absolute atomic E-state index is 14.8. The minimum Gasteiger partial charge on any atom is -0.327 e. The second kappa shape index (κ2) is 8.30. The van der Waals surface area contributed by atoms with Gasteiger partial charge >= 0.3 is 0 Å². The predicted octanol–water partition coefficient (Wildman–Crippen LogP) is 2.85. The number of nitrogens with one attached hydrogen (secondary N) is 1. The van der Waals surface area contributed by atoms with Crippen LogP contribution in [0, 0.1) is 5.82 Å². The van der Waals surface area contributed by atoms with Gasteiger partial charge in [-0.2, -0.15) is 9.47 Å². The summed E-state index contributed by atoms with van der Waals surface area (Å²) in [6.07, 6.45) is 6.50. The van der Waals surface area contributed by atoms with E-state index in [1.807, 2.05) is 36.4 Å². The van der Waals surface area contributed by atoms with Gasteiger partial charge in [0.15, 0.2) is 0 Å². The molecule has 0 aliphatic carbocycles. The van der Waals surface area contributed by atoms with E-state index in [-0.39, 0.29) is 5.13 Å². The third-order valence-electron chi connectivity index (χ3n) is 4.38. The van der Waals surface area contributed by atoms with Crippen LogP contribution in [0.1, 0.15) is 11.1 Å². The van der Waals surface area contributed by atoms with Gasteiger partial charge in [0.25, 0.3) is 10.0 Å². The average molecular weight is 445 g/mol. The molecule has 0 aliphatic heterocycles. The largest absolute Gasteiger partial charge is 0.327 e. The number of nitrogens with two attached hydrogens (primary N) is 1. The average Bonchev–Trinajstić information content (AvgIpc) is 3.36. The van der Waals surface area contributed by atoms with Gasteiger partial charge in [-0.05, 0) is 17.2 Å². The molecule has 0 spiro atoms. The van der Waals surface area contributed by atoms with Crippen molar-refractivity contribution in [2.24, 2.45) is 5.73 Å². The van der Waals surface area contributed by atoms with Crippen LogP contribution in [0.5, 0.6) is 0 Å². The van der Waals surface area contributed by atoms with Crippen LogP contribution in [0.3, 0.4) is 0 Å². The Labute approximate surface area is 176 Å². The Balaban J connectivity index is 1.69. The predicted molar refractivity (Wildman–Crippen MR) is 114 cm³/mol. The van der Waals surface area contributed by atoms with Crippen LogP contribution in [0.15, 0.2) is 59.9 Å². The van der Waals surface area contributed by atoms with Crippen molar-refractivity contribution < 1.29 is 12.8 Å². The smallest absolute Gasteiger partial charge is 0.266 e. The van der Waals surface area contributed by atoms with Crippen LogP contribution in [0.4, 0.5) is 9.52 Å². The number of fused-ring (bicyclic) bond motifs is 1. The fourth-order valence-electron chi connectivity index (χ4n) is 3.00. The van der Waals surface area contributed by atoms with Crippen molar-refractivity contribution in [2.75, 3.05) is 11.3 Å². The summed E-state index contributed by atoms with van der Waals surface area (Å²) < 4.78 is 47.4. The highest BCUT2D eigenvalue weighted by atomic mass is 32.2. The van der Waals surface area contributed by atoms with E-state index in [2.05, 4.69) is 19.2 Å². The van der Waals surface area contributed by atoms with Gasteiger partial charge < -0.3 is 5.73 Å². The van der Waals surface area contributed by atoms with Crippen molar-refractivity contribution in [2.45, 2.75) is 11.4 Å². The minimum absolute atomic E-state index is 0.0623. The maximum Gasteiger partial charge on any atom is 0.266 e. The first-order chi connectivity index (χ1) is 14.5. The van der Waals surface area contributed by atoms with E-state index in [9.17, 15) is 12.8 Å². The number of hydrogen-bond donors (Lipinski definition) is 2. The Kier molecular flexibility index (Phi) is 5.57. The fourth-order valence-corrected chi connectivity index (χ4v) is 4.75. The van der Waals surface area contributed by atoms with Crippen LogP contribution in [-0.4, -0.2) is 34.1 Å². The molecule has 8 nitrogen and oxygen atoms in total. The monoisotopic (exact) mass is 444 g/mol. The zero-order valence-electron chi connectivity index (χ0n) is 15.6. The zero-order valence-corrected chi connectivity index (χ0v) is 17.2. The summed E-state index contributed by atoms with van der Waals surface area (Å²) in [4.78, 5) is 3.29. The molecule has 4 aromatic rings. The van der Waals surface area contributed by atoms with Crippen molar-refractivity contribution >= 4 is 43.7 Å². The molecule has 0 bridgehead atoms.